The van der Waals surface area contributed by atoms with E-state index in [9.17, 15) is 27.2 Å². The number of rotatable bonds is 5. The summed E-state index contributed by atoms with van der Waals surface area (Å²) in [6.45, 7) is 1.88. The number of aryl methyl sites for hydroxylation is 1. The van der Waals surface area contributed by atoms with Crippen molar-refractivity contribution in [1.82, 2.24) is 0 Å². The van der Waals surface area contributed by atoms with Crippen LogP contribution in [0.5, 0.6) is 5.75 Å². The van der Waals surface area contributed by atoms with Crippen molar-refractivity contribution in [2.45, 2.75) is 19.8 Å². The molecule has 0 fully saturated rings. The van der Waals surface area contributed by atoms with Crippen molar-refractivity contribution in [3.05, 3.63) is 53.1 Å². The summed E-state index contributed by atoms with van der Waals surface area (Å²) in [6.07, 6.45) is -0.0607. The molecule has 5 nitrogen and oxygen atoms in total. The van der Waals surface area contributed by atoms with Gasteiger partial charge in [-0.2, -0.15) is 0 Å². The lowest BCUT2D eigenvalue weighted by Gasteiger charge is -2.29. The summed E-state index contributed by atoms with van der Waals surface area (Å²) >= 11 is 0. The molecule has 0 atom stereocenters. The standard InChI is InChI=1S/C19H16F4N2O3/c1-10-4-5-14-13(7-10)25(16(27)9-28-14)6-2-3-15(26)24-19-17(22)11(20)8-12(21)18(19)23/h4-5,7-8H,2-3,6,9H2,1H3,(H,24,26). The molecule has 3 rings (SSSR count). The molecule has 2 aromatic carbocycles. The van der Waals surface area contributed by atoms with Gasteiger partial charge in [0.15, 0.2) is 29.9 Å². The van der Waals surface area contributed by atoms with Gasteiger partial charge in [-0.25, -0.2) is 17.6 Å². The second-order valence-electron chi connectivity index (χ2n) is 6.30. The highest BCUT2D eigenvalue weighted by Crippen LogP contribution is 2.33. The normalized spacial score (nSPS) is 13.2. The van der Waals surface area contributed by atoms with Gasteiger partial charge in [0.05, 0.1) is 5.69 Å². The van der Waals surface area contributed by atoms with Gasteiger partial charge in [0.25, 0.3) is 5.91 Å². The summed E-state index contributed by atoms with van der Waals surface area (Å²) in [7, 11) is 0. The number of nitrogens with one attached hydrogen (secondary N) is 1. The highest BCUT2D eigenvalue weighted by molar-refractivity contribution is 5.98. The molecule has 2 aromatic rings. The van der Waals surface area contributed by atoms with Crippen molar-refractivity contribution in [2.75, 3.05) is 23.4 Å². The number of fused-ring (bicyclic) bond motifs is 1. The third-order valence-electron chi connectivity index (χ3n) is 4.22. The molecule has 1 aliphatic heterocycles. The highest BCUT2D eigenvalue weighted by atomic mass is 19.2. The van der Waals surface area contributed by atoms with Crippen LogP contribution < -0.4 is 15.0 Å². The molecule has 1 heterocycles. The fraction of sp³-hybridized carbons (Fsp3) is 0.263. The molecule has 0 saturated heterocycles. The van der Waals surface area contributed by atoms with Crippen molar-refractivity contribution >= 4 is 23.2 Å². The third-order valence-corrected chi connectivity index (χ3v) is 4.22. The minimum Gasteiger partial charge on any atom is -0.482 e. The van der Waals surface area contributed by atoms with E-state index in [0.29, 0.717) is 11.4 Å². The van der Waals surface area contributed by atoms with E-state index in [0.717, 1.165) is 5.56 Å². The van der Waals surface area contributed by atoms with Crippen LogP contribution in [-0.4, -0.2) is 25.0 Å². The van der Waals surface area contributed by atoms with Crippen LogP contribution in [0, 0.1) is 30.2 Å². The fourth-order valence-electron chi connectivity index (χ4n) is 2.84. The van der Waals surface area contributed by atoms with Crippen molar-refractivity contribution in [3.63, 3.8) is 0 Å². The maximum absolute atomic E-state index is 13.6. The zero-order chi connectivity index (χ0) is 20.4. The summed E-state index contributed by atoms with van der Waals surface area (Å²) in [6, 6.07) is 5.40. The Morgan fingerprint density at radius 2 is 1.82 bits per heavy atom. The second-order valence-corrected chi connectivity index (χ2v) is 6.30. The van der Waals surface area contributed by atoms with Gasteiger partial charge in [-0.3, -0.25) is 9.59 Å². The Hall–Kier alpha value is -3.10. The first-order valence-electron chi connectivity index (χ1n) is 8.44. The highest BCUT2D eigenvalue weighted by Gasteiger charge is 2.26. The monoisotopic (exact) mass is 396 g/mol. The van der Waals surface area contributed by atoms with Crippen molar-refractivity contribution < 1.29 is 31.9 Å². The Bertz CT molecular complexity index is 923. The maximum Gasteiger partial charge on any atom is 0.265 e. The molecule has 0 saturated carbocycles. The van der Waals surface area contributed by atoms with Gasteiger partial charge in [0.1, 0.15) is 11.4 Å². The van der Waals surface area contributed by atoms with Gasteiger partial charge >= 0.3 is 0 Å². The summed E-state index contributed by atoms with van der Waals surface area (Å²) in [5.41, 5.74) is 0.311. The van der Waals surface area contributed by atoms with Crippen LogP contribution in [0.2, 0.25) is 0 Å². The van der Waals surface area contributed by atoms with Gasteiger partial charge in [-0.1, -0.05) is 6.07 Å². The molecule has 1 aliphatic rings. The molecule has 1 N–H and O–H groups in total. The lowest BCUT2D eigenvalue weighted by atomic mass is 10.1. The molecule has 0 bridgehead atoms. The Morgan fingerprint density at radius 3 is 2.50 bits per heavy atom. The third kappa shape index (κ3) is 3.92. The second kappa shape index (κ2) is 7.87. The van der Waals surface area contributed by atoms with Gasteiger partial charge in [0.2, 0.25) is 5.91 Å². The zero-order valence-corrected chi connectivity index (χ0v) is 14.8. The number of anilines is 2. The molecule has 9 heteroatoms. The molecular weight excluding hydrogens is 380 g/mol. The molecular formula is C19H16F4N2O3. The number of hydrogen-bond acceptors (Lipinski definition) is 3. The van der Waals surface area contributed by atoms with Crippen molar-refractivity contribution in [3.8, 4) is 5.75 Å². The Balaban J connectivity index is 1.64. The van der Waals surface area contributed by atoms with Crippen LogP contribution >= 0.6 is 0 Å². The quantitative estimate of drug-likeness (QED) is 0.620. The van der Waals surface area contributed by atoms with E-state index in [1.54, 1.807) is 12.1 Å². The van der Waals surface area contributed by atoms with Gasteiger partial charge < -0.3 is 15.0 Å². The number of carbonyl (C=O) groups is 2. The number of benzene rings is 2. The van der Waals surface area contributed by atoms with E-state index in [1.165, 1.54) is 4.90 Å². The Morgan fingerprint density at radius 1 is 1.14 bits per heavy atom. The molecule has 2 amide bonds. The predicted molar refractivity (Wildman–Crippen MR) is 93.2 cm³/mol. The van der Waals surface area contributed by atoms with Crippen molar-refractivity contribution in [2.24, 2.45) is 0 Å². The first-order valence-corrected chi connectivity index (χ1v) is 8.44. The Labute approximate surface area is 157 Å². The van der Waals surface area contributed by atoms with Crippen LogP contribution in [0.3, 0.4) is 0 Å². The van der Waals surface area contributed by atoms with E-state index in [4.69, 9.17) is 4.74 Å². The summed E-state index contributed by atoms with van der Waals surface area (Å²) in [4.78, 5) is 25.5. The van der Waals surface area contributed by atoms with Gasteiger partial charge in [-0.05, 0) is 31.0 Å². The van der Waals surface area contributed by atoms with E-state index < -0.39 is 34.9 Å². The van der Waals surface area contributed by atoms with Gasteiger partial charge in [0, 0.05) is 19.0 Å². The number of nitrogens with zero attached hydrogens (tertiary/aromatic N) is 1. The molecule has 0 aromatic heterocycles. The van der Waals surface area contributed by atoms with Crippen molar-refractivity contribution in [1.29, 1.82) is 0 Å². The number of halogens is 4. The molecule has 0 spiro atoms. The van der Waals surface area contributed by atoms with E-state index in [1.807, 2.05) is 18.3 Å². The Kier molecular flexibility index (Phi) is 5.53. The molecule has 0 radical (unpaired) electrons. The van der Waals surface area contributed by atoms with Crippen LogP contribution in [0.25, 0.3) is 0 Å². The topological polar surface area (TPSA) is 58.6 Å². The van der Waals surface area contributed by atoms with Gasteiger partial charge in [-0.15, -0.1) is 0 Å². The SMILES string of the molecule is Cc1ccc2c(c1)N(CCCC(=O)Nc1c(F)c(F)cc(F)c1F)C(=O)CO2. The minimum atomic E-state index is -1.68. The largest absolute Gasteiger partial charge is 0.482 e. The molecule has 148 valence electrons. The lowest BCUT2D eigenvalue weighted by Crippen LogP contribution is -2.39. The number of carbonyl (C=O) groups excluding carboxylic acids is 2. The summed E-state index contributed by atoms with van der Waals surface area (Å²) in [5.74, 6) is -7.18. The summed E-state index contributed by atoms with van der Waals surface area (Å²) < 4.78 is 59.0. The smallest absolute Gasteiger partial charge is 0.265 e. The number of ether oxygens (including phenoxy) is 1. The van der Waals surface area contributed by atoms with Crippen LogP contribution in [-0.2, 0) is 9.59 Å². The van der Waals surface area contributed by atoms with Crippen LogP contribution in [0.4, 0.5) is 28.9 Å². The molecule has 0 unspecified atom stereocenters. The first-order chi connectivity index (χ1) is 13.3. The van der Waals surface area contributed by atoms with E-state index in [-0.39, 0.29) is 38.0 Å². The molecule has 28 heavy (non-hydrogen) atoms. The zero-order valence-electron chi connectivity index (χ0n) is 14.8. The lowest BCUT2D eigenvalue weighted by molar-refractivity contribution is -0.121. The maximum atomic E-state index is 13.6. The number of hydrogen-bond donors (Lipinski definition) is 1. The summed E-state index contributed by atoms with van der Waals surface area (Å²) in [5, 5.41) is 1.84. The predicted octanol–water partition coefficient (Wildman–Crippen LogP) is 3.70. The first kappa shape index (κ1) is 19.7. The minimum absolute atomic E-state index is 0.0593. The average molecular weight is 396 g/mol. The average Bonchev–Trinajstić information content (AvgIpc) is 2.65. The van der Waals surface area contributed by atoms with Crippen LogP contribution in [0.15, 0.2) is 24.3 Å². The fourth-order valence-corrected chi connectivity index (χ4v) is 2.84. The van der Waals surface area contributed by atoms with E-state index in [2.05, 4.69) is 0 Å². The molecule has 0 aliphatic carbocycles. The number of amides is 2. The van der Waals surface area contributed by atoms with E-state index >= 15 is 0 Å². The van der Waals surface area contributed by atoms with Crippen LogP contribution in [0.1, 0.15) is 18.4 Å².